The summed E-state index contributed by atoms with van der Waals surface area (Å²) in [7, 11) is 2.06. The Morgan fingerprint density at radius 1 is 1.56 bits per heavy atom. The molecule has 0 aliphatic heterocycles. The van der Waals surface area contributed by atoms with Gasteiger partial charge in [0.05, 0.1) is 10.6 Å². The first kappa shape index (κ1) is 11.7. The van der Waals surface area contributed by atoms with Crippen LogP contribution in [0.3, 0.4) is 0 Å². The van der Waals surface area contributed by atoms with Crippen LogP contribution in [0.4, 0.5) is 5.69 Å². The highest BCUT2D eigenvalue weighted by atomic mass is 35.5. The number of nitrogens with two attached hydrogens (primary N) is 1. The molecule has 0 amide bonds. The number of hydrogen-bond donors (Lipinski definition) is 1. The van der Waals surface area contributed by atoms with Crippen LogP contribution in [0.15, 0.2) is 18.2 Å². The van der Waals surface area contributed by atoms with Gasteiger partial charge in [-0.15, -0.1) is 0 Å². The monoisotopic (exact) mass is 254 g/mol. The summed E-state index contributed by atoms with van der Waals surface area (Å²) in [5.41, 5.74) is 7.55. The summed E-state index contributed by atoms with van der Waals surface area (Å²) in [6, 6.07) is 5.77. The Morgan fingerprint density at radius 3 is 2.81 bits per heavy atom. The van der Waals surface area contributed by atoms with Gasteiger partial charge in [0.1, 0.15) is 4.99 Å². The van der Waals surface area contributed by atoms with E-state index in [-0.39, 0.29) is 0 Å². The Balaban J connectivity index is 2.30. The minimum absolute atomic E-state index is 0.364. The van der Waals surface area contributed by atoms with Crippen LogP contribution in [0, 0.1) is 5.92 Å². The normalized spacial score (nSPS) is 14.9. The lowest BCUT2D eigenvalue weighted by atomic mass is 10.1. The van der Waals surface area contributed by atoms with Crippen molar-refractivity contribution in [3.8, 4) is 0 Å². The maximum absolute atomic E-state index is 6.13. The van der Waals surface area contributed by atoms with Crippen molar-refractivity contribution in [3.63, 3.8) is 0 Å². The first-order valence-electron chi connectivity index (χ1n) is 5.39. The number of hydrogen-bond acceptors (Lipinski definition) is 2. The first-order chi connectivity index (χ1) is 7.59. The Labute approximate surface area is 106 Å². The Kier molecular flexibility index (Phi) is 3.36. The van der Waals surface area contributed by atoms with Crippen molar-refractivity contribution in [1.82, 2.24) is 0 Å². The smallest absolute Gasteiger partial charge is 0.107 e. The summed E-state index contributed by atoms with van der Waals surface area (Å²) < 4.78 is 0. The molecule has 0 spiro atoms. The van der Waals surface area contributed by atoms with Gasteiger partial charge in [0.25, 0.3) is 0 Å². The third kappa shape index (κ3) is 2.47. The average molecular weight is 255 g/mol. The molecule has 1 fully saturated rings. The second kappa shape index (κ2) is 4.60. The van der Waals surface area contributed by atoms with Gasteiger partial charge in [0.2, 0.25) is 0 Å². The number of rotatable bonds is 4. The van der Waals surface area contributed by atoms with E-state index in [0.717, 1.165) is 23.7 Å². The molecule has 1 aliphatic carbocycles. The Hall–Kier alpha value is -0.800. The maximum atomic E-state index is 6.13. The van der Waals surface area contributed by atoms with E-state index in [1.165, 1.54) is 12.8 Å². The molecule has 0 atom stereocenters. The van der Waals surface area contributed by atoms with Gasteiger partial charge in [0, 0.05) is 19.3 Å². The predicted octanol–water partition coefficient (Wildman–Crippen LogP) is 2.82. The minimum atomic E-state index is 0.364. The summed E-state index contributed by atoms with van der Waals surface area (Å²) in [6.45, 7) is 1.05. The van der Waals surface area contributed by atoms with Crippen molar-refractivity contribution in [3.05, 3.63) is 28.8 Å². The number of nitrogens with zero attached hydrogens (tertiary/aromatic N) is 1. The largest absolute Gasteiger partial charge is 0.389 e. The van der Waals surface area contributed by atoms with Crippen LogP contribution >= 0.6 is 23.8 Å². The van der Waals surface area contributed by atoms with Gasteiger partial charge >= 0.3 is 0 Å². The van der Waals surface area contributed by atoms with Crippen LogP contribution in [-0.4, -0.2) is 18.6 Å². The molecule has 4 heteroatoms. The molecule has 16 heavy (non-hydrogen) atoms. The highest BCUT2D eigenvalue weighted by Crippen LogP contribution is 2.33. The lowest BCUT2D eigenvalue weighted by molar-refractivity contribution is 0.787. The summed E-state index contributed by atoms with van der Waals surface area (Å²) >= 11 is 11.2. The van der Waals surface area contributed by atoms with Gasteiger partial charge in [-0.1, -0.05) is 29.9 Å². The molecule has 2 N–H and O–H groups in total. The zero-order chi connectivity index (χ0) is 11.7. The third-order valence-corrected chi connectivity index (χ3v) is 3.40. The molecule has 0 aromatic heterocycles. The van der Waals surface area contributed by atoms with Crippen molar-refractivity contribution >= 4 is 34.5 Å². The number of benzene rings is 1. The molecule has 2 rings (SSSR count). The fourth-order valence-corrected chi connectivity index (χ4v) is 2.40. The van der Waals surface area contributed by atoms with Crippen molar-refractivity contribution < 1.29 is 0 Å². The topological polar surface area (TPSA) is 29.3 Å². The molecule has 0 bridgehead atoms. The molecule has 0 radical (unpaired) electrons. The van der Waals surface area contributed by atoms with Gasteiger partial charge in [-0.3, -0.25) is 0 Å². The molecule has 0 saturated heterocycles. The molecular formula is C12H15ClN2S. The van der Waals surface area contributed by atoms with Crippen LogP contribution in [0.1, 0.15) is 18.4 Å². The van der Waals surface area contributed by atoms with E-state index in [9.17, 15) is 0 Å². The summed E-state index contributed by atoms with van der Waals surface area (Å²) in [6.07, 6.45) is 2.65. The first-order valence-corrected chi connectivity index (χ1v) is 6.17. The molecule has 1 aromatic carbocycles. The average Bonchev–Trinajstić information content (AvgIpc) is 3.00. The van der Waals surface area contributed by atoms with E-state index >= 15 is 0 Å². The standard InChI is InChI=1S/C12H15ClN2S/c1-15(7-8-5-6-8)10-4-2-3-9(13)11(10)12(14)16/h2-4,8H,5-7H2,1H3,(H2,14,16). The molecule has 0 heterocycles. The van der Waals surface area contributed by atoms with Gasteiger partial charge in [-0.05, 0) is 30.9 Å². The van der Waals surface area contributed by atoms with E-state index in [0.29, 0.717) is 10.0 Å². The molecule has 1 aliphatic rings. The quantitative estimate of drug-likeness (QED) is 0.838. The lowest BCUT2D eigenvalue weighted by Gasteiger charge is -2.22. The molecular weight excluding hydrogens is 240 g/mol. The molecule has 1 aromatic rings. The van der Waals surface area contributed by atoms with Crippen molar-refractivity contribution in [2.24, 2.45) is 11.7 Å². The third-order valence-electron chi connectivity index (χ3n) is 2.88. The number of halogens is 1. The van der Waals surface area contributed by atoms with E-state index in [1.54, 1.807) is 0 Å². The summed E-state index contributed by atoms with van der Waals surface area (Å²) in [5.74, 6) is 0.822. The minimum Gasteiger partial charge on any atom is -0.389 e. The van der Waals surface area contributed by atoms with E-state index in [1.807, 2.05) is 18.2 Å². The SMILES string of the molecule is CN(CC1CC1)c1cccc(Cl)c1C(N)=S. The van der Waals surface area contributed by atoms with Crippen LogP contribution in [0.5, 0.6) is 0 Å². The Bertz CT molecular complexity index is 415. The second-order valence-corrected chi connectivity index (χ2v) is 5.17. The summed E-state index contributed by atoms with van der Waals surface area (Å²) in [4.78, 5) is 2.56. The number of anilines is 1. The van der Waals surface area contributed by atoms with Gasteiger partial charge in [-0.2, -0.15) is 0 Å². The van der Waals surface area contributed by atoms with Gasteiger partial charge < -0.3 is 10.6 Å². The lowest BCUT2D eigenvalue weighted by Crippen LogP contribution is -2.24. The summed E-state index contributed by atoms with van der Waals surface area (Å²) in [5, 5.41) is 0.632. The second-order valence-electron chi connectivity index (χ2n) is 4.32. The van der Waals surface area contributed by atoms with Crippen LogP contribution in [0.25, 0.3) is 0 Å². The zero-order valence-corrected chi connectivity index (χ0v) is 10.8. The van der Waals surface area contributed by atoms with E-state index < -0.39 is 0 Å². The van der Waals surface area contributed by atoms with Crippen LogP contribution in [-0.2, 0) is 0 Å². The maximum Gasteiger partial charge on any atom is 0.107 e. The highest BCUT2D eigenvalue weighted by molar-refractivity contribution is 7.80. The fraction of sp³-hybridized carbons (Fsp3) is 0.417. The molecule has 1 saturated carbocycles. The molecule has 2 nitrogen and oxygen atoms in total. The van der Waals surface area contributed by atoms with Crippen LogP contribution < -0.4 is 10.6 Å². The van der Waals surface area contributed by atoms with E-state index in [4.69, 9.17) is 29.6 Å². The predicted molar refractivity (Wildman–Crippen MR) is 73.3 cm³/mol. The number of thiocarbonyl (C=S) groups is 1. The van der Waals surface area contributed by atoms with E-state index in [2.05, 4.69) is 11.9 Å². The van der Waals surface area contributed by atoms with Crippen LogP contribution in [0.2, 0.25) is 5.02 Å². The van der Waals surface area contributed by atoms with Crippen molar-refractivity contribution in [2.45, 2.75) is 12.8 Å². The molecule has 0 unspecified atom stereocenters. The highest BCUT2D eigenvalue weighted by Gasteiger charge is 2.24. The fourth-order valence-electron chi connectivity index (χ4n) is 1.86. The van der Waals surface area contributed by atoms with Gasteiger partial charge in [-0.25, -0.2) is 0 Å². The zero-order valence-electron chi connectivity index (χ0n) is 9.24. The van der Waals surface area contributed by atoms with Crippen molar-refractivity contribution in [2.75, 3.05) is 18.5 Å². The molecule has 86 valence electrons. The Morgan fingerprint density at radius 2 is 2.25 bits per heavy atom. The van der Waals surface area contributed by atoms with Crippen molar-refractivity contribution in [1.29, 1.82) is 0 Å². The van der Waals surface area contributed by atoms with Gasteiger partial charge in [0.15, 0.2) is 0 Å².